The number of aromatic nitrogens is 3. The lowest BCUT2D eigenvalue weighted by molar-refractivity contribution is 0.122. The average molecular weight is 459 g/mol. The Morgan fingerprint density at radius 1 is 1.00 bits per heavy atom. The predicted octanol–water partition coefficient (Wildman–Crippen LogP) is 0.745. The van der Waals surface area contributed by atoms with Crippen LogP contribution in [-0.4, -0.2) is 67.2 Å². The monoisotopic (exact) mass is 458 g/mol. The van der Waals surface area contributed by atoms with Crippen LogP contribution in [0.25, 0.3) is 0 Å². The van der Waals surface area contributed by atoms with Crippen LogP contribution >= 0.6 is 0 Å². The number of benzene rings is 1. The molecule has 11 nitrogen and oxygen atoms in total. The highest BCUT2D eigenvalue weighted by atomic mass is 32.2. The Morgan fingerprint density at radius 2 is 1.67 bits per heavy atom. The third-order valence-electron chi connectivity index (χ3n) is 4.44. The maximum atomic E-state index is 11.8. The highest BCUT2D eigenvalue weighted by Gasteiger charge is 2.22. The van der Waals surface area contributed by atoms with E-state index in [-0.39, 0.29) is 17.8 Å². The van der Waals surface area contributed by atoms with Crippen molar-refractivity contribution in [3.05, 3.63) is 35.4 Å². The number of rotatable bonds is 7. The maximum absolute atomic E-state index is 11.8. The van der Waals surface area contributed by atoms with E-state index in [0.29, 0.717) is 44.5 Å². The third-order valence-corrected chi connectivity index (χ3v) is 6.24. The van der Waals surface area contributed by atoms with E-state index in [2.05, 4.69) is 15.0 Å². The van der Waals surface area contributed by atoms with Gasteiger partial charge in [-0.2, -0.15) is 26.8 Å². The van der Waals surface area contributed by atoms with Crippen molar-refractivity contribution < 1.29 is 30.7 Å². The molecule has 3 rings (SSSR count). The van der Waals surface area contributed by atoms with Crippen LogP contribution in [0.1, 0.15) is 30.6 Å². The Kier molecular flexibility index (Phi) is 6.67. The zero-order valence-corrected chi connectivity index (χ0v) is 17.9. The van der Waals surface area contributed by atoms with Crippen LogP contribution in [0.15, 0.2) is 28.0 Å². The molecule has 0 atom stereocenters. The summed E-state index contributed by atoms with van der Waals surface area (Å²) in [6, 6.07) is 2.80. The van der Waals surface area contributed by atoms with Crippen LogP contribution in [0.5, 0.6) is 0 Å². The van der Waals surface area contributed by atoms with Gasteiger partial charge in [0.2, 0.25) is 5.95 Å². The molecule has 1 aliphatic heterocycles. The summed E-state index contributed by atoms with van der Waals surface area (Å²) in [4.78, 5) is 14.2. The Hall–Kier alpha value is -2.19. The number of hydrogen-bond acceptors (Lipinski definition) is 9. The number of hydrogen-bond donors (Lipinski definition) is 2. The molecule has 13 heteroatoms. The average Bonchev–Trinajstić information content (AvgIpc) is 2.67. The molecule has 1 saturated heterocycles. The van der Waals surface area contributed by atoms with Crippen molar-refractivity contribution in [3.8, 4) is 0 Å². The van der Waals surface area contributed by atoms with Crippen LogP contribution in [0.4, 0.5) is 5.95 Å². The molecule has 0 saturated carbocycles. The number of aryl methyl sites for hydroxylation is 1. The van der Waals surface area contributed by atoms with E-state index in [1.54, 1.807) is 0 Å². The van der Waals surface area contributed by atoms with Gasteiger partial charge in [-0.25, -0.2) is 4.98 Å². The van der Waals surface area contributed by atoms with Gasteiger partial charge < -0.3 is 9.64 Å². The quantitative estimate of drug-likeness (QED) is 0.563. The number of nitrogens with zero attached hydrogens (tertiary/aromatic N) is 4. The summed E-state index contributed by atoms with van der Waals surface area (Å²) in [6.45, 7) is 4.18. The summed E-state index contributed by atoms with van der Waals surface area (Å²) in [5, 5.41) is 0. The van der Waals surface area contributed by atoms with Crippen LogP contribution in [0.3, 0.4) is 0 Å². The van der Waals surface area contributed by atoms with Gasteiger partial charge in [-0.15, -0.1) is 0 Å². The lowest BCUT2D eigenvalue weighted by Crippen LogP contribution is -2.37. The van der Waals surface area contributed by atoms with Gasteiger partial charge in [-0.05, 0) is 30.2 Å². The number of anilines is 1. The molecule has 0 aliphatic carbocycles. The molecule has 164 valence electrons. The molecule has 1 aromatic heterocycles. The highest BCUT2D eigenvalue weighted by Crippen LogP contribution is 2.23. The molecule has 2 N–H and O–H groups in total. The maximum Gasteiger partial charge on any atom is 0.294 e. The van der Waals surface area contributed by atoms with Gasteiger partial charge in [0.15, 0.2) is 0 Å². The Morgan fingerprint density at radius 3 is 2.27 bits per heavy atom. The Balaban J connectivity index is 2.06. The molecule has 2 aromatic rings. The third kappa shape index (κ3) is 5.49. The first-order chi connectivity index (χ1) is 14.1. The second-order valence-electron chi connectivity index (χ2n) is 6.71. The molecule has 1 aliphatic rings. The molecule has 1 fully saturated rings. The van der Waals surface area contributed by atoms with Gasteiger partial charge >= 0.3 is 0 Å². The van der Waals surface area contributed by atoms with E-state index in [0.717, 1.165) is 24.6 Å². The van der Waals surface area contributed by atoms with Crippen molar-refractivity contribution in [2.24, 2.45) is 0 Å². The summed E-state index contributed by atoms with van der Waals surface area (Å²) < 4.78 is 70.6. The molecule has 1 aromatic carbocycles. The van der Waals surface area contributed by atoms with E-state index in [9.17, 15) is 25.9 Å². The van der Waals surface area contributed by atoms with Crippen LogP contribution in [0, 0.1) is 0 Å². The first-order valence-electron chi connectivity index (χ1n) is 9.22. The minimum atomic E-state index is -4.64. The van der Waals surface area contributed by atoms with Crippen LogP contribution < -0.4 is 4.90 Å². The second kappa shape index (κ2) is 8.89. The molecular weight excluding hydrogens is 436 g/mol. The van der Waals surface area contributed by atoms with Crippen molar-refractivity contribution in [1.82, 2.24) is 15.0 Å². The lowest BCUT2D eigenvalue weighted by atomic mass is 10.1. The van der Waals surface area contributed by atoms with Crippen molar-refractivity contribution in [1.29, 1.82) is 0 Å². The van der Waals surface area contributed by atoms with Crippen molar-refractivity contribution in [3.63, 3.8) is 0 Å². The minimum absolute atomic E-state index is 0.0609. The predicted molar refractivity (Wildman–Crippen MR) is 106 cm³/mol. The molecule has 30 heavy (non-hydrogen) atoms. The van der Waals surface area contributed by atoms with E-state index in [1.807, 2.05) is 11.8 Å². The molecule has 0 unspecified atom stereocenters. The van der Waals surface area contributed by atoms with Crippen molar-refractivity contribution in [2.75, 3.05) is 31.2 Å². The SMILES string of the molecule is CCCc1nc(Cc2cc(S(=O)(=O)O)ccc2S(=O)(=O)O)nc(N2CCOCC2)n1. The highest BCUT2D eigenvalue weighted by molar-refractivity contribution is 7.86. The standard InChI is InChI=1S/C17H22N4O7S2/c1-2-3-15-18-16(20-17(19-15)21-6-8-28-9-7-21)11-12-10-13(29(22,23)24)4-5-14(12)30(25,26)27/h4-5,10H,2-3,6-9,11H2,1H3,(H,22,23,24)(H,25,26,27). The van der Waals surface area contributed by atoms with Gasteiger partial charge in [0.05, 0.1) is 23.0 Å². The summed E-state index contributed by atoms with van der Waals surface area (Å²) in [7, 11) is -9.22. The van der Waals surface area contributed by atoms with E-state index >= 15 is 0 Å². The van der Waals surface area contributed by atoms with Gasteiger partial charge in [-0.1, -0.05) is 6.92 Å². The molecule has 0 amide bonds. The Labute approximate surface area is 174 Å². The molecule has 2 heterocycles. The molecule has 0 spiro atoms. The largest absolute Gasteiger partial charge is 0.378 e. The molecule has 0 bridgehead atoms. The smallest absolute Gasteiger partial charge is 0.294 e. The van der Waals surface area contributed by atoms with Gasteiger partial charge in [-0.3, -0.25) is 9.11 Å². The summed E-state index contributed by atoms with van der Waals surface area (Å²) >= 11 is 0. The van der Waals surface area contributed by atoms with Crippen LogP contribution in [-0.2, 0) is 37.8 Å². The normalized spacial score (nSPS) is 15.4. The fraction of sp³-hybridized carbons (Fsp3) is 0.471. The van der Waals surface area contributed by atoms with Crippen molar-refractivity contribution in [2.45, 2.75) is 36.0 Å². The lowest BCUT2D eigenvalue weighted by Gasteiger charge is -2.27. The summed E-state index contributed by atoms with van der Waals surface area (Å²) in [5.74, 6) is 1.15. The van der Waals surface area contributed by atoms with E-state index < -0.39 is 30.0 Å². The Bertz CT molecular complexity index is 1130. The minimum Gasteiger partial charge on any atom is -0.378 e. The topological polar surface area (TPSA) is 160 Å². The van der Waals surface area contributed by atoms with Crippen molar-refractivity contribution >= 4 is 26.2 Å². The van der Waals surface area contributed by atoms with Gasteiger partial charge in [0, 0.05) is 25.9 Å². The first kappa shape index (κ1) is 22.5. The van der Waals surface area contributed by atoms with E-state index in [1.165, 1.54) is 0 Å². The molecular formula is C17H22N4O7S2. The fourth-order valence-corrected chi connectivity index (χ4v) is 4.28. The number of ether oxygens (including phenoxy) is 1. The summed E-state index contributed by atoms with van der Waals surface area (Å²) in [6.07, 6.45) is 1.17. The zero-order valence-electron chi connectivity index (χ0n) is 16.2. The molecule has 0 radical (unpaired) electrons. The van der Waals surface area contributed by atoms with Crippen LogP contribution in [0.2, 0.25) is 0 Å². The second-order valence-corrected chi connectivity index (χ2v) is 9.53. The van der Waals surface area contributed by atoms with Gasteiger partial charge in [0.25, 0.3) is 20.2 Å². The zero-order chi connectivity index (χ0) is 21.9. The first-order valence-corrected chi connectivity index (χ1v) is 12.1. The van der Waals surface area contributed by atoms with E-state index in [4.69, 9.17) is 4.74 Å². The summed E-state index contributed by atoms with van der Waals surface area (Å²) in [5.41, 5.74) is -0.0609. The number of morpholine rings is 1. The fourth-order valence-electron chi connectivity index (χ4n) is 3.05. The van der Waals surface area contributed by atoms with Gasteiger partial charge in [0.1, 0.15) is 11.6 Å².